The molecule has 0 aliphatic carbocycles. The van der Waals surface area contributed by atoms with Crippen LogP contribution in [0.3, 0.4) is 0 Å². The van der Waals surface area contributed by atoms with Gasteiger partial charge in [-0.25, -0.2) is 4.98 Å². The maximum atomic E-state index is 5.17. The van der Waals surface area contributed by atoms with E-state index in [0.717, 1.165) is 43.5 Å². The van der Waals surface area contributed by atoms with Gasteiger partial charge in [0.25, 0.3) is 0 Å². The maximum Gasteiger partial charge on any atom is 0.228 e. The van der Waals surface area contributed by atoms with E-state index < -0.39 is 0 Å². The number of rotatable bonds is 3. The zero-order valence-electron chi connectivity index (χ0n) is 13.6. The summed E-state index contributed by atoms with van der Waals surface area (Å²) < 4.78 is 6.94. The molecule has 3 aromatic rings. The Bertz CT molecular complexity index is 856. The number of fused-ring (bicyclic) bond motifs is 1. The molecule has 3 aromatic heterocycles. The van der Waals surface area contributed by atoms with Crippen LogP contribution < -0.4 is 14.5 Å². The smallest absolute Gasteiger partial charge is 0.228 e. The highest BCUT2D eigenvalue weighted by molar-refractivity contribution is 5.47. The predicted molar refractivity (Wildman–Crippen MR) is 88.5 cm³/mol. The Morgan fingerprint density at radius 1 is 1.00 bits per heavy atom. The van der Waals surface area contributed by atoms with Crippen LogP contribution in [0, 0.1) is 6.92 Å². The monoisotopic (exact) mass is 326 g/mol. The van der Waals surface area contributed by atoms with E-state index in [-0.39, 0.29) is 0 Å². The molecule has 1 fully saturated rings. The summed E-state index contributed by atoms with van der Waals surface area (Å²) in [5.74, 6) is 3.00. The lowest BCUT2D eigenvalue weighted by atomic mass is 10.3. The van der Waals surface area contributed by atoms with Crippen molar-refractivity contribution in [3.63, 3.8) is 0 Å². The van der Waals surface area contributed by atoms with Crippen LogP contribution >= 0.6 is 0 Å². The van der Waals surface area contributed by atoms with Crippen LogP contribution in [0.15, 0.2) is 24.4 Å². The molecule has 0 bridgehead atoms. The molecule has 0 atom stereocenters. The Balaban J connectivity index is 1.49. The first kappa shape index (κ1) is 14.6. The number of anilines is 2. The predicted octanol–water partition coefficient (Wildman–Crippen LogP) is 0.558. The molecule has 0 spiro atoms. The van der Waals surface area contributed by atoms with Crippen molar-refractivity contribution in [2.45, 2.75) is 6.92 Å². The summed E-state index contributed by atoms with van der Waals surface area (Å²) in [5.41, 5.74) is 0.764. The molecule has 0 unspecified atom stereocenters. The van der Waals surface area contributed by atoms with Crippen LogP contribution in [0.4, 0.5) is 11.8 Å². The Labute approximate surface area is 138 Å². The zero-order valence-corrected chi connectivity index (χ0v) is 13.6. The fourth-order valence-corrected chi connectivity index (χ4v) is 2.79. The van der Waals surface area contributed by atoms with Crippen LogP contribution in [0.1, 0.15) is 5.82 Å². The number of piperazine rings is 1. The van der Waals surface area contributed by atoms with Crippen molar-refractivity contribution in [1.29, 1.82) is 0 Å². The van der Waals surface area contributed by atoms with Gasteiger partial charge >= 0.3 is 0 Å². The molecule has 1 aliphatic rings. The van der Waals surface area contributed by atoms with E-state index in [2.05, 4.69) is 35.1 Å². The van der Waals surface area contributed by atoms with E-state index in [0.29, 0.717) is 11.8 Å². The number of hydrogen-bond acceptors (Lipinski definition) is 8. The molecule has 0 aromatic carbocycles. The molecule has 0 N–H and O–H groups in total. The Morgan fingerprint density at radius 3 is 2.58 bits per heavy atom. The minimum absolute atomic E-state index is 0.581. The minimum atomic E-state index is 0.581. The highest BCUT2D eigenvalue weighted by Gasteiger charge is 2.21. The van der Waals surface area contributed by atoms with Crippen molar-refractivity contribution < 1.29 is 4.74 Å². The van der Waals surface area contributed by atoms with Crippen LogP contribution in [-0.2, 0) is 0 Å². The van der Waals surface area contributed by atoms with E-state index in [1.165, 1.54) is 0 Å². The summed E-state index contributed by atoms with van der Waals surface area (Å²) in [5, 5.41) is 12.7. The van der Waals surface area contributed by atoms with Gasteiger partial charge < -0.3 is 14.5 Å². The maximum absolute atomic E-state index is 5.17. The lowest BCUT2D eigenvalue weighted by Gasteiger charge is -2.35. The van der Waals surface area contributed by atoms with E-state index >= 15 is 0 Å². The summed E-state index contributed by atoms with van der Waals surface area (Å²) >= 11 is 0. The molecule has 124 valence electrons. The first-order valence-corrected chi connectivity index (χ1v) is 7.80. The van der Waals surface area contributed by atoms with Gasteiger partial charge in [0.1, 0.15) is 5.82 Å². The van der Waals surface area contributed by atoms with Gasteiger partial charge in [-0.1, -0.05) is 0 Å². The Hall–Kier alpha value is -2.97. The lowest BCUT2D eigenvalue weighted by molar-refractivity contribution is 0.396. The Morgan fingerprint density at radius 2 is 1.79 bits per heavy atom. The molecule has 0 radical (unpaired) electrons. The largest absolute Gasteiger partial charge is 0.481 e. The van der Waals surface area contributed by atoms with E-state index in [9.17, 15) is 0 Å². The molecule has 4 heterocycles. The van der Waals surface area contributed by atoms with Gasteiger partial charge in [0.2, 0.25) is 11.8 Å². The van der Waals surface area contributed by atoms with Crippen LogP contribution in [0.25, 0.3) is 5.65 Å². The standard InChI is InChI=1S/C15H18N8O/c1-11-18-19-12-3-4-13(20-23(11)12)21-7-9-22(10-8-21)15-16-6-5-14(17-15)24-2/h3-6H,7-10H2,1-2H3. The SMILES string of the molecule is COc1ccnc(N2CCN(c3ccc4nnc(C)n4n3)CC2)n1. The van der Waals surface area contributed by atoms with Crippen molar-refractivity contribution in [2.24, 2.45) is 0 Å². The third-order valence-corrected chi connectivity index (χ3v) is 4.12. The molecule has 9 nitrogen and oxygen atoms in total. The molecule has 9 heteroatoms. The summed E-state index contributed by atoms with van der Waals surface area (Å²) in [6, 6.07) is 5.68. The van der Waals surface area contributed by atoms with Gasteiger partial charge in [-0.2, -0.15) is 9.50 Å². The van der Waals surface area contributed by atoms with Crippen molar-refractivity contribution in [1.82, 2.24) is 29.8 Å². The van der Waals surface area contributed by atoms with E-state index in [4.69, 9.17) is 4.74 Å². The number of aromatic nitrogens is 6. The highest BCUT2D eigenvalue weighted by Crippen LogP contribution is 2.18. The van der Waals surface area contributed by atoms with Crippen molar-refractivity contribution in [3.05, 3.63) is 30.2 Å². The summed E-state index contributed by atoms with van der Waals surface area (Å²) in [7, 11) is 1.61. The third kappa shape index (κ3) is 2.57. The first-order chi connectivity index (χ1) is 11.7. The van der Waals surface area contributed by atoms with Crippen LogP contribution in [0.5, 0.6) is 5.88 Å². The van der Waals surface area contributed by atoms with Crippen molar-refractivity contribution >= 4 is 17.4 Å². The summed E-state index contributed by atoms with van der Waals surface area (Å²) in [6.07, 6.45) is 1.72. The fourth-order valence-electron chi connectivity index (χ4n) is 2.79. The Kier molecular flexibility index (Phi) is 3.60. The molecule has 1 aliphatic heterocycles. The number of ether oxygens (including phenoxy) is 1. The quantitative estimate of drug-likeness (QED) is 0.690. The number of hydrogen-bond donors (Lipinski definition) is 0. The first-order valence-electron chi connectivity index (χ1n) is 7.80. The fraction of sp³-hybridized carbons (Fsp3) is 0.400. The normalized spacial score (nSPS) is 15.1. The molecule has 0 saturated carbocycles. The van der Waals surface area contributed by atoms with Crippen LogP contribution in [0.2, 0.25) is 0 Å². The van der Waals surface area contributed by atoms with Gasteiger partial charge in [0.05, 0.1) is 7.11 Å². The van der Waals surface area contributed by atoms with E-state index in [1.807, 2.05) is 19.1 Å². The molecular formula is C15H18N8O. The summed E-state index contributed by atoms with van der Waals surface area (Å²) in [4.78, 5) is 13.1. The molecule has 4 rings (SSSR count). The number of methoxy groups -OCH3 is 1. The molecule has 24 heavy (non-hydrogen) atoms. The van der Waals surface area contributed by atoms with E-state index in [1.54, 1.807) is 23.9 Å². The van der Waals surface area contributed by atoms with Crippen molar-refractivity contribution in [3.8, 4) is 5.88 Å². The lowest BCUT2D eigenvalue weighted by Crippen LogP contribution is -2.47. The van der Waals surface area contributed by atoms with Gasteiger partial charge in [-0.3, -0.25) is 0 Å². The average molecular weight is 326 g/mol. The average Bonchev–Trinajstić information content (AvgIpc) is 3.02. The van der Waals surface area contributed by atoms with Gasteiger partial charge in [0, 0.05) is 38.4 Å². The molecular weight excluding hydrogens is 308 g/mol. The second kappa shape index (κ2) is 5.91. The third-order valence-electron chi connectivity index (χ3n) is 4.12. The van der Waals surface area contributed by atoms with Crippen LogP contribution in [-0.4, -0.2) is 63.1 Å². The topological polar surface area (TPSA) is 84.6 Å². The summed E-state index contributed by atoms with van der Waals surface area (Å²) in [6.45, 7) is 5.25. The highest BCUT2D eigenvalue weighted by atomic mass is 16.5. The van der Waals surface area contributed by atoms with Gasteiger partial charge in [0.15, 0.2) is 11.5 Å². The van der Waals surface area contributed by atoms with Gasteiger partial charge in [-0.05, 0) is 19.1 Å². The second-order valence-electron chi connectivity index (χ2n) is 5.58. The minimum Gasteiger partial charge on any atom is -0.481 e. The van der Waals surface area contributed by atoms with Crippen molar-refractivity contribution in [2.75, 3.05) is 43.1 Å². The molecule has 1 saturated heterocycles. The van der Waals surface area contributed by atoms with Gasteiger partial charge in [-0.15, -0.1) is 15.3 Å². The molecule has 0 amide bonds. The number of nitrogens with zero attached hydrogens (tertiary/aromatic N) is 8. The number of aryl methyl sites for hydroxylation is 1. The zero-order chi connectivity index (χ0) is 16.5. The second-order valence-corrected chi connectivity index (χ2v) is 5.58.